The molecule has 0 spiro atoms. The number of halogens is 1. The zero-order valence-electron chi connectivity index (χ0n) is 18.3. The number of aryl methyl sites for hydroxylation is 1. The summed E-state index contributed by atoms with van der Waals surface area (Å²) in [5.74, 6) is 0.0610. The van der Waals surface area contributed by atoms with Gasteiger partial charge in [-0.15, -0.1) is 11.3 Å². The highest BCUT2D eigenvalue weighted by Crippen LogP contribution is 2.51. The Balaban J connectivity index is 2.01. The van der Waals surface area contributed by atoms with Crippen molar-refractivity contribution in [2.45, 2.75) is 52.9 Å². The number of nitrogens with zero attached hydrogens (tertiary/aromatic N) is 2. The maximum atomic E-state index is 13.5. The van der Waals surface area contributed by atoms with E-state index in [-0.39, 0.29) is 11.2 Å². The van der Waals surface area contributed by atoms with Gasteiger partial charge in [-0.05, 0) is 55.0 Å². The van der Waals surface area contributed by atoms with Crippen LogP contribution in [0.3, 0.4) is 0 Å². The van der Waals surface area contributed by atoms with E-state index < -0.39 is 5.92 Å². The Morgan fingerprint density at radius 2 is 2.03 bits per heavy atom. The van der Waals surface area contributed by atoms with Gasteiger partial charge in [-0.25, -0.2) is 0 Å². The van der Waals surface area contributed by atoms with Gasteiger partial charge in [0.15, 0.2) is 5.78 Å². The van der Waals surface area contributed by atoms with Gasteiger partial charge < -0.3 is 5.73 Å². The molecule has 160 valence electrons. The third-order valence-electron chi connectivity index (χ3n) is 6.18. The second-order valence-corrected chi connectivity index (χ2v) is 10.6. The molecule has 31 heavy (non-hydrogen) atoms. The highest BCUT2D eigenvalue weighted by molar-refractivity contribution is 7.12. The van der Waals surface area contributed by atoms with E-state index in [0.29, 0.717) is 34.8 Å². The van der Waals surface area contributed by atoms with Crippen molar-refractivity contribution >= 4 is 34.4 Å². The minimum Gasteiger partial charge on any atom is -0.384 e. The number of hydrogen-bond acceptors (Lipinski definition) is 5. The molecule has 0 amide bonds. The van der Waals surface area contributed by atoms with Gasteiger partial charge >= 0.3 is 0 Å². The van der Waals surface area contributed by atoms with Crippen LogP contribution in [0.2, 0.25) is 5.02 Å². The monoisotopic (exact) mass is 451 g/mol. The van der Waals surface area contributed by atoms with Crippen molar-refractivity contribution in [3.8, 4) is 6.07 Å². The average molecular weight is 452 g/mol. The number of Topliss-reactive ketones (excluding diaryl/α,β-unsaturated/α-hetero) is 1. The van der Waals surface area contributed by atoms with Gasteiger partial charge in [-0.3, -0.25) is 9.69 Å². The molecule has 2 aliphatic rings. The fraction of sp³-hybridized carbons (Fsp3) is 0.360. The first-order chi connectivity index (χ1) is 14.7. The number of rotatable bonds is 3. The van der Waals surface area contributed by atoms with Crippen molar-refractivity contribution in [2.75, 3.05) is 4.90 Å². The molecule has 2 aromatic rings. The highest BCUT2D eigenvalue weighted by Gasteiger charge is 2.45. The second kappa shape index (κ2) is 7.85. The summed E-state index contributed by atoms with van der Waals surface area (Å²) in [6.07, 6.45) is 2.07. The lowest BCUT2D eigenvalue weighted by Crippen LogP contribution is -2.42. The number of nitrogens with two attached hydrogens (primary N) is 1. The minimum atomic E-state index is -0.412. The van der Waals surface area contributed by atoms with E-state index in [9.17, 15) is 10.1 Å². The molecule has 1 aromatic heterocycles. The molecule has 1 aliphatic heterocycles. The number of benzene rings is 1. The lowest BCUT2D eigenvalue weighted by Gasteiger charge is -2.44. The molecule has 0 saturated heterocycles. The SMILES string of the molecule is CCc1ccc(C2C(C#N)=C(N)N(c3cccc(Cl)c3C)C3=C2C(=O)CC(C)(C)C3)s1. The lowest BCUT2D eigenvalue weighted by atomic mass is 9.69. The number of hydrogen-bond donors (Lipinski definition) is 1. The third kappa shape index (κ3) is 3.58. The average Bonchev–Trinajstić information content (AvgIpc) is 3.18. The van der Waals surface area contributed by atoms with Gasteiger partial charge in [0.25, 0.3) is 0 Å². The Hall–Kier alpha value is -2.55. The maximum Gasteiger partial charge on any atom is 0.162 e. The number of anilines is 1. The smallest absolute Gasteiger partial charge is 0.162 e. The molecule has 1 atom stereocenters. The zero-order chi connectivity index (χ0) is 22.5. The summed E-state index contributed by atoms with van der Waals surface area (Å²) in [5, 5.41) is 10.8. The molecule has 2 N–H and O–H groups in total. The lowest BCUT2D eigenvalue weighted by molar-refractivity contribution is -0.118. The van der Waals surface area contributed by atoms with Crippen LogP contribution in [-0.2, 0) is 11.2 Å². The highest BCUT2D eigenvalue weighted by atomic mass is 35.5. The van der Waals surface area contributed by atoms with Crippen molar-refractivity contribution in [2.24, 2.45) is 11.1 Å². The molecule has 0 saturated carbocycles. The summed E-state index contributed by atoms with van der Waals surface area (Å²) >= 11 is 8.08. The van der Waals surface area contributed by atoms with Crippen molar-refractivity contribution in [1.82, 2.24) is 0 Å². The van der Waals surface area contributed by atoms with Crippen molar-refractivity contribution in [3.63, 3.8) is 0 Å². The number of ketones is 1. The van der Waals surface area contributed by atoms with Gasteiger partial charge in [-0.2, -0.15) is 5.26 Å². The molecule has 1 aromatic carbocycles. The molecular formula is C25H26ClN3OS. The summed E-state index contributed by atoms with van der Waals surface area (Å²) in [7, 11) is 0. The summed E-state index contributed by atoms with van der Waals surface area (Å²) in [6.45, 7) is 8.25. The molecule has 2 heterocycles. The molecule has 4 nitrogen and oxygen atoms in total. The van der Waals surface area contributed by atoms with E-state index in [1.165, 1.54) is 4.88 Å². The fourth-order valence-electron chi connectivity index (χ4n) is 4.65. The zero-order valence-corrected chi connectivity index (χ0v) is 19.8. The third-order valence-corrected chi connectivity index (χ3v) is 7.88. The number of carbonyl (C=O) groups is 1. The predicted molar refractivity (Wildman–Crippen MR) is 127 cm³/mol. The first kappa shape index (κ1) is 21.7. The Bertz CT molecular complexity index is 1180. The Morgan fingerprint density at radius 1 is 1.29 bits per heavy atom. The largest absolute Gasteiger partial charge is 0.384 e. The molecule has 1 unspecified atom stereocenters. The van der Waals surface area contributed by atoms with E-state index in [2.05, 4.69) is 32.9 Å². The summed E-state index contributed by atoms with van der Waals surface area (Å²) in [6, 6.07) is 12.1. The molecule has 1 aliphatic carbocycles. The van der Waals surface area contributed by atoms with E-state index >= 15 is 0 Å². The van der Waals surface area contributed by atoms with Crippen molar-refractivity contribution in [3.05, 3.63) is 73.3 Å². The van der Waals surface area contributed by atoms with Gasteiger partial charge in [0, 0.05) is 32.5 Å². The summed E-state index contributed by atoms with van der Waals surface area (Å²) < 4.78 is 0. The standard InChI is InChI=1S/C25H26ClN3OS/c1-5-15-9-10-21(31-15)22-16(13-27)24(28)29(18-8-6-7-17(26)14(18)2)19-11-25(3,4)12-20(30)23(19)22/h6-10,22H,5,11-12,28H2,1-4H3. The van der Waals surface area contributed by atoms with Crippen LogP contribution in [0.5, 0.6) is 0 Å². The number of nitriles is 1. The Labute approximate surface area is 192 Å². The van der Waals surface area contributed by atoms with Gasteiger partial charge in [-0.1, -0.05) is 38.4 Å². The Morgan fingerprint density at radius 3 is 2.68 bits per heavy atom. The van der Waals surface area contributed by atoms with Crippen LogP contribution < -0.4 is 10.6 Å². The van der Waals surface area contributed by atoms with Crippen LogP contribution in [0.15, 0.2) is 53.0 Å². The van der Waals surface area contributed by atoms with E-state index in [0.717, 1.165) is 28.2 Å². The molecule has 0 radical (unpaired) electrons. The van der Waals surface area contributed by atoms with Crippen LogP contribution in [0.1, 0.15) is 54.8 Å². The number of carbonyl (C=O) groups excluding carboxylic acids is 1. The molecule has 0 bridgehead atoms. The van der Waals surface area contributed by atoms with Crippen LogP contribution in [0.4, 0.5) is 5.69 Å². The quantitative estimate of drug-likeness (QED) is 0.601. The fourth-order valence-corrected chi connectivity index (χ4v) is 5.89. The molecule has 6 heteroatoms. The van der Waals surface area contributed by atoms with E-state index in [1.54, 1.807) is 11.3 Å². The Kier molecular flexibility index (Phi) is 5.49. The first-order valence-electron chi connectivity index (χ1n) is 10.5. The van der Waals surface area contributed by atoms with Gasteiger partial charge in [0.2, 0.25) is 0 Å². The van der Waals surface area contributed by atoms with Crippen molar-refractivity contribution < 1.29 is 4.79 Å². The first-order valence-corrected chi connectivity index (χ1v) is 11.7. The second-order valence-electron chi connectivity index (χ2n) is 9.02. The predicted octanol–water partition coefficient (Wildman–Crippen LogP) is 6.21. The molecule has 4 rings (SSSR count). The molecular weight excluding hydrogens is 426 g/mol. The van der Waals surface area contributed by atoms with Gasteiger partial charge in [0.05, 0.1) is 23.2 Å². The normalized spacial score (nSPS) is 20.7. The molecule has 0 fully saturated rings. The topological polar surface area (TPSA) is 70.1 Å². The van der Waals surface area contributed by atoms with Crippen LogP contribution >= 0.6 is 22.9 Å². The number of allylic oxidation sites excluding steroid dienone is 3. The minimum absolute atomic E-state index is 0.0904. The van der Waals surface area contributed by atoms with Crippen LogP contribution in [0, 0.1) is 23.7 Å². The van der Waals surface area contributed by atoms with Crippen molar-refractivity contribution in [1.29, 1.82) is 5.26 Å². The summed E-state index contributed by atoms with van der Waals surface area (Å²) in [4.78, 5) is 17.6. The van der Waals surface area contributed by atoms with Crippen LogP contribution in [0.25, 0.3) is 0 Å². The van der Waals surface area contributed by atoms with Gasteiger partial charge in [0.1, 0.15) is 5.82 Å². The van der Waals surface area contributed by atoms with E-state index in [1.807, 2.05) is 36.1 Å². The van der Waals surface area contributed by atoms with Crippen LogP contribution in [-0.4, -0.2) is 5.78 Å². The van der Waals surface area contributed by atoms with E-state index in [4.69, 9.17) is 17.3 Å². The number of thiophene rings is 1. The maximum absolute atomic E-state index is 13.5. The summed E-state index contributed by atoms with van der Waals surface area (Å²) in [5.41, 5.74) is 10.2.